The van der Waals surface area contributed by atoms with Crippen molar-refractivity contribution in [2.24, 2.45) is 4.99 Å². The minimum atomic E-state index is 0.457. The predicted molar refractivity (Wildman–Crippen MR) is 116 cm³/mol. The first-order valence-corrected chi connectivity index (χ1v) is 10.8. The Labute approximate surface area is 170 Å². The van der Waals surface area contributed by atoms with Crippen molar-refractivity contribution in [1.29, 1.82) is 0 Å². The zero-order valence-corrected chi connectivity index (χ0v) is 17.6. The first-order chi connectivity index (χ1) is 13.7. The van der Waals surface area contributed by atoms with Crippen LogP contribution in [0.1, 0.15) is 31.7 Å². The summed E-state index contributed by atoms with van der Waals surface area (Å²) in [6.45, 7) is 10.5. The van der Waals surface area contributed by atoms with E-state index in [9.17, 15) is 0 Å². The van der Waals surface area contributed by atoms with E-state index < -0.39 is 0 Å². The van der Waals surface area contributed by atoms with Crippen LogP contribution in [0, 0.1) is 0 Å². The molecule has 2 aliphatic rings. The molecule has 3 rings (SSSR count). The van der Waals surface area contributed by atoms with Gasteiger partial charge in [-0.3, -0.25) is 14.8 Å². The lowest BCUT2D eigenvalue weighted by molar-refractivity contribution is 0.0372. The van der Waals surface area contributed by atoms with Gasteiger partial charge in [0.2, 0.25) is 0 Å². The van der Waals surface area contributed by atoms with Crippen LogP contribution in [0.25, 0.3) is 0 Å². The summed E-state index contributed by atoms with van der Waals surface area (Å²) in [7, 11) is 1.86. The molecule has 2 heterocycles. The fraction of sp³-hybridized carbons (Fsp3) is 0.682. The number of guanidine groups is 1. The molecule has 2 fully saturated rings. The third-order valence-electron chi connectivity index (χ3n) is 5.79. The Morgan fingerprint density at radius 2 is 1.96 bits per heavy atom. The zero-order valence-electron chi connectivity index (χ0n) is 17.6. The fourth-order valence-corrected chi connectivity index (χ4v) is 4.12. The minimum absolute atomic E-state index is 0.457. The van der Waals surface area contributed by atoms with Gasteiger partial charge in [0.25, 0.3) is 0 Å². The topological polar surface area (TPSA) is 52.1 Å². The van der Waals surface area contributed by atoms with Gasteiger partial charge in [-0.05, 0) is 38.3 Å². The van der Waals surface area contributed by atoms with Gasteiger partial charge in [0.05, 0.1) is 13.2 Å². The van der Waals surface area contributed by atoms with Gasteiger partial charge >= 0.3 is 0 Å². The van der Waals surface area contributed by atoms with E-state index in [2.05, 4.69) is 62.7 Å². The number of rotatable bonds is 8. The number of ether oxygens (including phenoxy) is 1. The van der Waals surface area contributed by atoms with Crippen LogP contribution < -0.4 is 10.6 Å². The summed E-state index contributed by atoms with van der Waals surface area (Å²) in [4.78, 5) is 9.48. The number of morpholine rings is 1. The Bertz CT molecular complexity index is 588. The largest absolute Gasteiger partial charge is 0.379 e. The van der Waals surface area contributed by atoms with Crippen LogP contribution in [0.3, 0.4) is 0 Å². The summed E-state index contributed by atoms with van der Waals surface area (Å²) in [5.74, 6) is 0.935. The van der Waals surface area contributed by atoms with E-state index >= 15 is 0 Å². The molecule has 6 nitrogen and oxygen atoms in total. The Kier molecular flexibility index (Phi) is 8.58. The van der Waals surface area contributed by atoms with Gasteiger partial charge in [0.15, 0.2) is 5.96 Å². The van der Waals surface area contributed by atoms with E-state index in [1.165, 1.54) is 24.9 Å². The average Bonchev–Trinajstić information content (AvgIpc) is 3.07. The Morgan fingerprint density at radius 3 is 2.71 bits per heavy atom. The molecule has 0 aromatic heterocycles. The van der Waals surface area contributed by atoms with Crippen molar-refractivity contribution in [2.75, 3.05) is 53.0 Å². The predicted octanol–water partition coefficient (Wildman–Crippen LogP) is 1.93. The smallest absolute Gasteiger partial charge is 0.191 e. The molecule has 0 aliphatic carbocycles. The molecular formula is C22H37N5O. The van der Waals surface area contributed by atoms with Crippen molar-refractivity contribution in [3.8, 4) is 0 Å². The normalized spacial score (nSPS) is 24.4. The van der Waals surface area contributed by atoms with E-state index in [0.717, 1.165) is 58.3 Å². The molecule has 156 valence electrons. The van der Waals surface area contributed by atoms with E-state index in [4.69, 9.17) is 4.74 Å². The fourth-order valence-electron chi connectivity index (χ4n) is 4.12. The summed E-state index contributed by atoms with van der Waals surface area (Å²) in [6, 6.07) is 11.8. The molecule has 0 bridgehead atoms. The zero-order chi connectivity index (χ0) is 19.6. The lowest BCUT2D eigenvalue weighted by atomic mass is 10.2. The molecule has 2 aliphatic heterocycles. The molecular weight excluding hydrogens is 350 g/mol. The van der Waals surface area contributed by atoms with Crippen molar-refractivity contribution in [3.05, 3.63) is 35.9 Å². The third-order valence-corrected chi connectivity index (χ3v) is 5.79. The van der Waals surface area contributed by atoms with Crippen LogP contribution in [0.15, 0.2) is 35.3 Å². The summed E-state index contributed by atoms with van der Waals surface area (Å²) < 4.78 is 5.40. The van der Waals surface area contributed by atoms with Gasteiger partial charge in [-0.15, -0.1) is 0 Å². The van der Waals surface area contributed by atoms with Gasteiger partial charge in [-0.25, -0.2) is 0 Å². The highest BCUT2D eigenvalue weighted by Gasteiger charge is 2.29. The Balaban J connectivity index is 1.33. The highest BCUT2D eigenvalue weighted by molar-refractivity contribution is 5.80. The van der Waals surface area contributed by atoms with Gasteiger partial charge in [0.1, 0.15) is 0 Å². The van der Waals surface area contributed by atoms with Crippen LogP contribution in [-0.2, 0) is 11.3 Å². The van der Waals surface area contributed by atoms with Crippen molar-refractivity contribution in [2.45, 2.75) is 44.8 Å². The molecule has 0 amide bonds. The maximum atomic E-state index is 5.40. The van der Waals surface area contributed by atoms with E-state index in [-0.39, 0.29) is 0 Å². The number of nitrogens with one attached hydrogen (secondary N) is 2. The number of aliphatic imine (C=N–C) groups is 1. The monoisotopic (exact) mass is 387 g/mol. The van der Waals surface area contributed by atoms with E-state index in [0.29, 0.717) is 12.1 Å². The lowest BCUT2D eigenvalue weighted by Crippen LogP contribution is -2.45. The second-order valence-corrected chi connectivity index (χ2v) is 8.00. The molecule has 0 radical (unpaired) electrons. The number of hydrogen-bond donors (Lipinski definition) is 2. The average molecular weight is 388 g/mol. The molecule has 0 spiro atoms. The van der Waals surface area contributed by atoms with Gasteiger partial charge in [0, 0.05) is 51.9 Å². The Hall–Kier alpha value is -1.63. The first kappa shape index (κ1) is 21.1. The maximum absolute atomic E-state index is 5.40. The SMILES string of the molecule is CN=C(NCCCCN1CCOCC1)NC1CC(C)N(Cc2ccccc2)C1. The van der Waals surface area contributed by atoms with Crippen molar-refractivity contribution >= 4 is 5.96 Å². The molecule has 6 heteroatoms. The number of benzene rings is 1. The quantitative estimate of drug-likeness (QED) is 0.406. The van der Waals surface area contributed by atoms with Gasteiger partial charge in [-0.1, -0.05) is 30.3 Å². The molecule has 2 atom stereocenters. The number of unbranched alkanes of at least 4 members (excludes halogenated alkanes) is 1. The number of hydrogen-bond acceptors (Lipinski definition) is 4. The standard InChI is InChI=1S/C22H37N5O/c1-19-16-21(18-27(19)17-20-8-4-3-5-9-20)25-22(23-2)24-10-6-7-11-26-12-14-28-15-13-26/h3-5,8-9,19,21H,6-7,10-18H2,1-2H3,(H2,23,24,25). The van der Waals surface area contributed by atoms with Crippen LogP contribution >= 0.6 is 0 Å². The molecule has 2 N–H and O–H groups in total. The third kappa shape index (κ3) is 6.76. The molecule has 2 unspecified atom stereocenters. The number of likely N-dealkylation sites (tertiary alicyclic amines) is 1. The highest BCUT2D eigenvalue weighted by Crippen LogP contribution is 2.20. The van der Waals surface area contributed by atoms with E-state index in [1.807, 2.05) is 7.05 Å². The van der Waals surface area contributed by atoms with Crippen molar-refractivity contribution in [1.82, 2.24) is 20.4 Å². The molecule has 28 heavy (non-hydrogen) atoms. The van der Waals surface area contributed by atoms with Crippen LogP contribution in [0.5, 0.6) is 0 Å². The summed E-state index contributed by atoms with van der Waals surface area (Å²) in [5, 5.41) is 7.11. The molecule has 2 saturated heterocycles. The number of nitrogens with zero attached hydrogens (tertiary/aromatic N) is 3. The van der Waals surface area contributed by atoms with Crippen LogP contribution in [0.4, 0.5) is 0 Å². The summed E-state index contributed by atoms with van der Waals surface area (Å²) in [5.41, 5.74) is 1.39. The molecule has 1 aromatic carbocycles. The minimum Gasteiger partial charge on any atom is -0.379 e. The first-order valence-electron chi connectivity index (χ1n) is 10.8. The maximum Gasteiger partial charge on any atom is 0.191 e. The highest BCUT2D eigenvalue weighted by atomic mass is 16.5. The lowest BCUT2D eigenvalue weighted by Gasteiger charge is -2.26. The van der Waals surface area contributed by atoms with Gasteiger partial charge in [-0.2, -0.15) is 0 Å². The van der Waals surface area contributed by atoms with Crippen molar-refractivity contribution in [3.63, 3.8) is 0 Å². The summed E-state index contributed by atoms with van der Waals surface area (Å²) >= 11 is 0. The van der Waals surface area contributed by atoms with Crippen LogP contribution in [0.2, 0.25) is 0 Å². The van der Waals surface area contributed by atoms with E-state index in [1.54, 1.807) is 0 Å². The van der Waals surface area contributed by atoms with Gasteiger partial charge < -0.3 is 15.4 Å². The molecule has 0 saturated carbocycles. The second kappa shape index (κ2) is 11.4. The summed E-state index contributed by atoms with van der Waals surface area (Å²) in [6.07, 6.45) is 3.54. The second-order valence-electron chi connectivity index (χ2n) is 8.00. The van der Waals surface area contributed by atoms with Crippen molar-refractivity contribution < 1.29 is 4.74 Å². The Morgan fingerprint density at radius 1 is 1.18 bits per heavy atom. The van der Waals surface area contributed by atoms with Crippen LogP contribution in [-0.4, -0.2) is 80.8 Å². The molecule has 1 aromatic rings.